The summed E-state index contributed by atoms with van der Waals surface area (Å²) in [7, 11) is -2.06. The van der Waals surface area contributed by atoms with Crippen LogP contribution in [0.15, 0.2) is 29.3 Å². The first-order valence-corrected chi connectivity index (χ1v) is 7.65. The molecule has 0 aliphatic heterocycles. The highest BCUT2D eigenvalue weighted by molar-refractivity contribution is 7.89. The summed E-state index contributed by atoms with van der Waals surface area (Å²) >= 11 is 0. The molecule has 1 aromatic carbocycles. The highest BCUT2D eigenvalue weighted by Crippen LogP contribution is 2.24. The van der Waals surface area contributed by atoms with Crippen molar-refractivity contribution >= 4 is 26.6 Å². The summed E-state index contributed by atoms with van der Waals surface area (Å²) in [6, 6.07) is 5.07. The van der Waals surface area contributed by atoms with Crippen LogP contribution in [-0.4, -0.2) is 32.7 Å². The molecule has 2 aromatic rings. The van der Waals surface area contributed by atoms with E-state index in [9.17, 15) is 8.42 Å². The number of ether oxygens (including phenoxy) is 1. The summed E-state index contributed by atoms with van der Waals surface area (Å²) in [6.45, 7) is 3.81. The van der Waals surface area contributed by atoms with Crippen molar-refractivity contribution in [3.63, 3.8) is 0 Å². The van der Waals surface area contributed by atoms with Gasteiger partial charge in [-0.15, -0.1) is 0 Å². The Morgan fingerprint density at radius 1 is 1.40 bits per heavy atom. The van der Waals surface area contributed by atoms with Gasteiger partial charge in [-0.3, -0.25) is 0 Å². The van der Waals surface area contributed by atoms with Crippen molar-refractivity contribution in [3.05, 3.63) is 24.4 Å². The zero-order valence-electron chi connectivity index (χ0n) is 11.7. The van der Waals surface area contributed by atoms with E-state index in [2.05, 4.69) is 9.71 Å². The molecule has 0 saturated heterocycles. The Hall–Kier alpha value is -1.57. The Labute approximate surface area is 118 Å². The van der Waals surface area contributed by atoms with Crippen molar-refractivity contribution in [2.75, 3.05) is 19.4 Å². The van der Waals surface area contributed by atoms with Crippen LogP contribution in [-0.2, 0) is 14.8 Å². The second-order valence-electron chi connectivity index (χ2n) is 5.25. The maximum Gasteiger partial charge on any atom is 0.242 e. The van der Waals surface area contributed by atoms with Crippen molar-refractivity contribution in [3.8, 4) is 0 Å². The fourth-order valence-electron chi connectivity index (χ4n) is 1.76. The van der Waals surface area contributed by atoms with Gasteiger partial charge in [0.25, 0.3) is 0 Å². The van der Waals surface area contributed by atoms with Gasteiger partial charge < -0.3 is 15.5 Å². The fraction of sp³-hybridized carbons (Fsp3) is 0.385. The summed E-state index contributed by atoms with van der Waals surface area (Å²) in [4.78, 5) is 3.12. The standard InChI is InChI=1S/C13H19N3O3S/c1-13(2,19-3)8-16-20(17,18)12-7-15-11-6-9(14)4-5-10(11)12/h4-7,15-16H,8,14H2,1-3H3. The van der Waals surface area contributed by atoms with Gasteiger partial charge in [0.15, 0.2) is 0 Å². The normalized spacial score (nSPS) is 12.9. The lowest BCUT2D eigenvalue weighted by Crippen LogP contribution is -2.39. The molecule has 0 aliphatic rings. The molecule has 1 aromatic heterocycles. The first-order chi connectivity index (χ1) is 9.25. The second kappa shape index (κ2) is 5.08. The zero-order valence-corrected chi connectivity index (χ0v) is 12.5. The van der Waals surface area contributed by atoms with Crippen LogP contribution >= 0.6 is 0 Å². The largest absolute Gasteiger partial charge is 0.399 e. The maximum absolute atomic E-state index is 12.3. The lowest BCUT2D eigenvalue weighted by Gasteiger charge is -2.22. The van der Waals surface area contributed by atoms with Crippen molar-refractivity contribution < 1.29 is 13.2 Å². The molecule has 0 bridgehead atoms. The Morgan fingerprint density at radius 3 is 2.75 bits per heavy atom. The smallest absolute Gasteiger partial charge is 0.242 e. The Balaban J connectivity index is 2.33. The van der Waals surface area contributed by atoms with E-state index in [1.165, 1.54) is 6.20 Å². The summed E-state index contributed by atoms with van der Waals surface area (Å²) in [5.41, 5.74) is 6.38. The molecule has 1 heterocycles. The van der Waals surface area contributed by atoms with E-state index in [1.807, 2.05) is 13.8 Å². The van der Waals surface area contributed by atoms with E-state index in [0.29, 0.717) is 16.6 Å². The minimum atomic E-state index is -3.60. The monoisotopic (exact) mass is 297 g/mol. The number of aromatic nitrogens is 1. The van der Waals surface area contributed by atoms with Crippen molar-refractivity contribution in [1.82, 2.24) is 9.71 Å². The number of H-pyrrole nitrogens is 1. The summed E-state index contributed by atoms with van der Waals surface area (Å²) < 4.78 is 32.4. The topological polar surface area (TPSA) is 97.2 Å². The molecule has 7 heteroatoms. The third-order valence-corrected chi connectivity index (χ3v) is 4.64. The highest BCUT2D eigenvalue weighted by Gasteiger charge is 2.23. The molecule has 4 N–H and O–H groups in total. The molecular formula is C13H19N3O3S. The van der Waals surface area contributed by atoms with Gasteiger partial charge in [0.1, 0.15) is 4.90 Å². The van der Waals surface area contributed by atoms with Gasteiger partial charge >= 0.3 is 0 Å². The zero-order chi connectivity index (χ0) is 15.0. The van der Waals surface area contributed by atoms with Crippen molar-refractivity contribution in [2.45, 2.75) is 24.3 Å². The maximum atomic E-state index is 12.3. The van der Waals surface area contributed by atoms with Crippen LogP contribution in [0.5, 0.6) is 0 Å². The molecule has 0 amide bonds. The van der Waals surface area contributed by atoms with Gasteiger partial charge in [-0.25, -0.2) is 13.1 Å². The van der Waals surface area contributed by atoms with Crippen molar-refractivity contribution in [1.29, 1.82) is 0 Å². The molecule has 0 unspecified atom stereocenters. The van der Waals surface area contributed by atoms with E-state index in [4.69, 9.17) is 10.5 Å². The molecule has 0 atom stereocenters. The molecule has 6 nitrogen and oxygen atoms in total. The molecule has 0 saturated carbocycles. The first-order valence-electron chi connectivity index (χ1n) is 6.17. The third-order valence-electron chi connectivity index (χ3n) is 3.20. The number of aromatic amines is 1. The van der Waals surface area contributed by atoms with Gasteiger partial charge in [-0.2, -0.15) is 0 Å². The molecule has 0 aliphatic carbocycles. The number of sulfonamides is 1. The van der Waals surface area contributed by atoms with E-state index in [0.717, 1.165) is 0 Å². The number of fused-ring (bicyclic) bond motifs is 1. The minimum Gasteiger partial charge on any atom is -0.399 e. The van der Waals surface area contributed by atoms with Gasteiger partial charge in [0, 0.05) is 36.4 Å². The van der Waals surface area contributed by atoms with E-state index in [1.54, 1.807) is 25.3 Å². The quantitative estimate of drug-likeness (QED) is 0.728. The van der Waals surface area contributed by atoms with Crippen LogP contribution in [0.4, 0.5) is 5.69 Å². The molecule has 0 spiro atoms. The van der Waals surface area contributed by atoms with Crippen LogP contribution in [0.1, 0.15) is 13.8 Å². The van der Waals surface area contributed by atoms with Gasteiger partial charge in [-0.1, -0.05) is 0 Å². The summed E-state index contributed by atoms with van der Waals surface area (Å²) in [5, 5.41) is 0.613. The van der Waals surface area contributed by atoms with Gasteiger partial charge in [0.05, 0.1) is 5.60 Å². The lowest BCUT2D eigenvalue weighted by atomic mass is 10.1. The summed E-state index contributed by atoms with van der Waals surface area (Å²) in [5.74, 6) is 0. The van der Waals surface area contributed by atoms with Crippen LogP contribution < -0.4 is 10.5 Å². The predicted molar refractivity (Wildman–Crippen MR) is 79.0 cm³/mol. The van der Waals surface area contributed by atoms with Gasteiger partial charge in [0.2, 0.25) is 10.0 Å². The number of methoxy groups -OCH3 is 1. The Bertz CT molecular complexity index is 720. The minimum absolute atomic E-state index is 0.188. The average Bonchev–Trinajstić information content (AvgIpc) is 2.80. The van der Waals surface area contributed by atoms with Crippen LogP contribution in [0.2, 0.25) is 0 Å². The predicted octanol–water partition coefficient (Wildman–Crippen LogP) is 1.45. The molecule has 0 radical (unpaired) electrons. The number of hydrogen-bond donors (Lipinski definition) is 3. The van der Waals surface area contributed by atoms with Crippen LogP contribution in [0.3, 0.4) is 0 Å². The SMILES string of the molecule is COC(C)(C)CNS(=O)(=O)c1c[nH]c2cc(N)ccc12. The number of nitrogens with one attached hydrogen (secondary N) is 2. The van der Waals surface area contributed by atoms with Crippen LogP contribution in [0.25, 0.3) is 10.9 Å². The van der Waals surface area contributed by atoms with Gasteiger partial charge in [-0.05, 0) is 32.0 Å². The van der Waals surface area contributed by atoms with E-state index < -0.39 is 15.6 Å². The lowest BCUT2D eigenvalue weighted by molar-refractivity contribution is 0.0276. The number of anilines is 1. The third kappa shape index (κ3) is 2.95. The molecule has 20 heavy (non-hydrogen) atoms. The first kappa shape index (κ1) is 14.8. The summed E-state index contributed by atoms with van der Waals surface area (Å²) in [6.07, 6.45) is 1.46. The van der Waals surface area contributed by atoms with Crippen LogP contribution in [0, 0.1) is 0 Å². The Kier molecular flexibility index (Phi) is 3.77. The molecule has 110 valence electrons. The second-order valence-corrected chi connectivity index (χ2v) is 6.98. The van der Waals surface area contributed by atoms with E-state index in [-0.39, 0.29) is 11.4 Å². The number of hydrogen-bond acceptors (Lipinski definition) is 4. The molecular weight excluding hydrogens is 278 g/mol. The van der Waals surface area contributed by atoms with E-state index >= 15 is 0 Å². The Morgan fingerprint density at radius 2 is 2.10 bits per heavy atom. The fourth-order valence-corrected chi connectivity index (χ4v) is 3.13. The van der Waals surface area contributed by atoms with Crippen molar-refractivity contribution in [2.24, 2.45) is 0 Å². The highest BCUT2D eigenvalue weighted by atomic mass is 32.2. The number of nitrogen functional groups attached to an aromatic ring is 1. The molecule has 2 rings (SSSR count). The average molecular weight is 297 g/mol. The number of rotatable bonds is 5. The number of benzene rings is 1. The molecule has 0 fully saturated rings. The number of nitrogens with two attached hydrogens (primary N) is 1.